The van der Waals surface area contributed by atoms with E-state index in [-0.39, 0.29) is 12.5 Å². The molecule has 5 heteroatoms. The Balaban J connectivity index is 1.42. The number of likely N-dealkylation sites (tertiary alicyclic amines) is 2. The second-order valence-electron chi connectivity index (χ2n) is 6.97. The van der Waals surface area contributed by atoms with Gasteiger partial charge in [0.15, 0.2) is 6.61 Å². The summed E-state index contributed by atoms with van der Waals surface area (Å²) in [5, 5.41) is 0.673. The predicted octanol–water partition coefficient (Wildman–Crippen LogP) is 2.17. The number of carbonyl (C=O) groups is 1. The molecule has 2 aliphatic heterocycles. The summed E-state index contributed by atoms with van der Waals surface area (Å²) < 4.78 is 5.58. The third-order valence-electron chi connectivity index (χ3n) is 5.35. The van der Waals surface area contributed by atoms with E-state index in [0.29, 0.717) is 10.8 Å². The summed E-state index contributed by atoms with van der Waals surface area (Å²) in [6.45, 7) is 4.49. The van der Waals surface area contributed by atoms with Gasteiger partial charge in [0, 0.05) is 31.0 Å². The third kappa shape index (κ3) is 4.87. The molecule has 2 fully saturated rings. The number of rotatable bonds is 4. The van der Waals surface area contributed by atoms with Gasteiger partial charge in [-0.15, -0.1) is 0 Å². The first-order valence-corrected chi connectivity index (χ1v) is 9.61. The fourth-order valence-corrected chi connectivity index (χ4v) is 4.02. The van der Waals surface area contributed by atoms with Crippen molar-refractivity contribution in [2.75, 3.05) is 32.8 Å². The topological polar surface area (TPSA) is 34.0 Å². The lowest BCUT2D eigenvalue weighted by molar-refractivity contribution is -0.926. The number of carbonyl (C=O) groups excluding carboxylic acids is 1. The maximum absolute atomic E-state index is 12.3. The van der Waals surface area contributed by atoms with Gasteiger partial charge in [-0.2, -0.15) is 0 Å². The number of amides is 1. The highest BCUT2D eigenvalue weighted by molar-refractivity contribution is 6.30. The molecule has 0 unspecified atom stereocenters. The number of ether oxygens (including phenoxy) is 1. The van der Waals surface area contributed by atoms with Crippen LogP contribution in [0.15, 0.2) is 24.3 Å². The summed E-state index contributed by atoms with van der Waals surface area (Å²) in [6, 6.07) is 7.88. The van der Waals surface area contributed by atoms with Crippen LogP contribution in [0.4, 0.5) is 0 Å². The van der Waals surface area contributed by atoms with Gasteiger partial charge in [0.05, 0.1) is 19.1 Å². The minimum atomic E-state index is 0.0919. The van der Waals surface area contributed by atoms with E-state index in [9.17, 15) is 4.79 Å². The van der Waals surface area contributed by atoms with Crippen molar-refractivity contribution in [3.05, 3.63) is 29.3 Å². The fraction of sp³-hybridized carbons (Fsp3) is 0.632. The molecular formula is C19H28ClN2O2+. The van der Waals surface area contributed by atoms with Crippen molar-refractivity contribution in [1.29, 1.82) is 0 Å². The quantitative estimate of drug-likeness (QED) is 0.902. The lowest BCUT2D eigenvalue weighted by Gasteiger charge is -2.35. The molecule has 24 heavy (non-hydrogen) atoms. The summed E-state index contributed by atoms with van der Waals surface area (Å²) in [6.07, 6.45) is 7.77. The number of halogens is 1. The van der Waals surface area contributed by atoms with Gasteiger partial charge in [-0.25, -0.2) is 0 Å². The van der Waals surface area contributed by atoms with Crippen molar-refractivity contribution in [1.82, 2.24) is 4.90 Å². The van der Waals surface area contributed by atoms with E-state index in [1.807, 2.05) is 4.90 Å². The van der Waals surface area contributed by atoms with Crippen LogP contribution < -0.4 is 9.64 Å². The molecule has 0 saturated carbocycles. The minimum Gasteiger partial charge on any atom is -0.484 e. The molecule has 0 radical (unpaired) electrons. The highest BCUT2D eigenvalue weighted by atomic mass is 35.5. The molecule has 1 N–H and O–H groups in total. The average molecular weight is 352 g/mol. The molecule has 0 aromatic heterocycles. The highest BCUT2D eigenvalue weighted by Crippen LogP contribution is 2.16. The van der Waals surface area contributed by atoms with Gasteiger partial charge in [-0.3, -0.25) is 4.79 Å². The molecule has 132 valence electrons. The number of hydrogen-bond donors (Lipinski definition) is 1. The van der Waals surface area contributed by atoms with E-state index in [1.54, 1.807) is 29.2 Å². The predicted molar refractivity (Wildman–Crippen MR) is 95.7 cm³/mol. The summed E-state index contributed by atoms with van der Waals surface area (Å²) in [5.74, 6) is 0.783. The van der Waals surface area contributed by atoms with E-state index < -0.39 is 0 Å². The molecule has 2 saturated heterocycles. The number of nitrogens with zero attached hydrogens (tertiary/aromatic N) is 1. The van der Waals surface area contributed by atoms with Crippen molar-refractivity contribution in [2.24, 2.45) is 0 Å². The van der Waals surface area contributed by atoms with Gasteiger partial charge >= 0.3 is 0 Å². The first kappa shape index (κ1) is 17.6. The summed E-state index contributed by atoms with van der Waals surface area (Å²) in [4.78, 5) is 16.1. The fourth-order valence-electron chi connectivity index (χ4n) is 3.90. The zero-order valence-corrected chi connectivity index (χ0v) is 15.1. The standard InChI is InChI=1S/C19H27ClN2O2/c20-16-5-7-18(8-6-16)24-15-19(23)22-13-9-17(10-14-22)21-11-3-1-2-4-12-21/h5-8,17H,1-4,9-15H2/p+1. The van der Waals surface area contributed by atoms with Crippen LogP contribution >= 0.6 is 11.6 Å². The Labute approximate surface area is 149 Å². The largest absolute Gasteiger partial charge is 0.484 e. The number of piperidine rings is 1. The Morgan fingerprint density at radius 3 is 2.33 bits per heavy atom. The third-order valence-corrected chi connectivity index (χ3v) is 5.60. The number of quaternary nitrogens is 1. The molecule has 4 nitrogen and oxygen atoms in total. The average Bonchev–Trinajstić information content (AvgIpc) is 2.90. The van der Waals surface area contributed by atoms with Gasteiger partial charge in [0.1, 0.15) is 5.75 Å². The molecule has 0 atom stereocenters. The molecule has 1 aromatic rings. The van der Waals surface area contributed by atoms with Gasteiger partial charge in [-0.1, -0.05) is 11.6 Å². The van der Waals surface area contributed by atoms with Crippen LogP contribution in [0.3, 0.4) is 0 Å². The van der Waals surface area contributed by atoms with Crippen LogP contribution in [0.25, 0.3) is 0 Å². The zero-order chi connectivity index (χ0) is 16.8. The maximum atomic E-state index is 12.3. The smallest absolute Gasteiger partial charge is 0.260 e. The van der Waals surface area contributed by atoms with E-state index >= 15 is 0 Å². The van der Waals surface area contributed by atoms with Gasteiger partial charge in [-0.05, 0) is 49.9 Å². The van der Waals surface area contributed by atoms with Crippen molar-refractivity contribution >= 4 is 17.5 Å². The Morgan fingerprint density at radius 1 is 1.08 bits per heavy atom. The van der Waals surface area contributed by atoms with Crippen LogP contribution in [0, 0.1) is 0 Å². The maximum Gasteiger partial charge on any atom is 0.260 e. The van der Waals surface area contributed by atoms with E-state index in [4.69, 9.17) is 16.3 Å². The molecule has 2 aliphatic rings. The molecule has 2 heterocycles. The first-order chi connectivity index (χ1) is 11.7. The Morgan fingerprint density at radius 2 is 1.71 bits per heavy atom. The van der Waals surface area contributed by atoms with Crippen LogP contribution in [-0.4, -0.2) is 49.6 Å². The van der Waals surface area contributed by atoms with E-state index in [2.05, 4.69) is 0 Å². The lowest BCUT2D eigenvalue weighted by Crippen LogP contribution is -3.16. The number of benzene rings is 1. The molecular weight excluding hydrogens is 324 g/mol. The molecule has 0 bridgehead atoms. The summed E-state index contributed by atoms with van der Waals surface area (Å²) >= 11 is 5.85. The first-order valence-electron chi connectivity index (χ1n) is 9.23. The van der Waals surface area contributed by atoms with Crippen LogP contribution in [0.1, 0.15) is 38.5 Å². The lowest BCUT2D eigenvalue weighted by atomic mass is 10.0. The van der Waals surface area contributed by atoms with Crippen molar-refractivity contribution in [3.8, 4) is 5.75 Å². The number of nitrogens with one attached hydrogen (secondary N) is 1. The highest BCUT2D eigenvalue weighted by Gasteiger charge is 2.29. The molecule has 0 aliphatic carbocycles. The molecule has 1 aromatic carbocycles. The minimum absolute atomic E-state index is 0.0919. The Bertz CT molecular complexity index is 519. The van der Waals surface area contributed by atoms with Crippen LogP contribution in [0.2, 0.25) is 5.02 Å². The SMILES string of the molecule is O=C(COc1ccc(Cl)cc1)N1CCC([NH+]2CCCCCC2)CC1. The second-order valence-corrected chi connectivity index (χ2v) is 7.41. The van der Waals surface area contributed by atoms with Gasteiger partial charge in [0.2, 0.25) is 0 Å². The van der Waals surface area contributed by atoms with Crippen LogP contribution in [0.5, 0.6) is 5.75 Å². The normalized spacial score (nSPS) is 20.6. The van der Waals surface area contributed by atoms with Crippen molar-refractivity contribution in [3.63, 3.8) is 0 Å². The summed E-state index contributed by atoms with van der Waals surface area (Å²) in [7, 11) is 0. The zero-order valence-electron chi connectivity index (χ0n) is 14.3. The Hall–Kier alpha value is -1.26. The van der Waals surface area contributed by atoms with E-state index in [0.717, 1.165) is 32.0 Å². The van der Waals surface area contributed by atoms with Crippen molar-refractivity contribution < 1.29 is 14.4 Å². The second kappa shape index (κ2) is 8.72. The molecule has 0 spiro atoms. The van der Waals surface area contributed by atoms with Crippen molar-refractivity contribution in [2.45, 2.75) is 44.6 Å². The van der Waals surface area contributed by atoms with Gasteiger partial charge < -0.3 is 14.5 Å². The number of hydrogen-bond acceptors (Lipinski definition) is 2. The van der Waals surface area contributed by atoms with Crippen LogP contribution in [-0.2, 0) is 4.79 Å². The van der Waals surface area contributed by atoms with E-state index in [1.165, 1.54) is 38.8 Å². The summed E-state index contributed by atoms with van der Waals surface area (Å²) in [5.41, 5.74) is 0. The molecule has 1 amide bonds. The van der Waals surface area contributed by atoms with Gasteiger partial charge in [0.25, 0.3) is 5.91 Å². The Kier molecular flexibility index (Phi) is 6.38. The monoisotopic (exact) mass is 351 g/mol. The molecule has 3 rings (SSSR count).